The lowest BCUT2D eigenvalue weighted by Crippen LogP contribution is -2.09. The molecule has 0 radical (unpaired) electrons. The second kappa shape index (κ2) is 5.21. The second-order valence-electron chi connectivity index (χ2n) is 2.66. The van der Waals surface area contributed by atoms with E-state index in [0.717, 1.165) is 13.0 Å². The number of nitrogens with two attached hydrogens (primary N) is 1. The van der Waals surface area contributed by atoms with Gasteiger partial charge in [-0.3, -0.25) is 0 Å². The van der Waals surface area contributed by atoms with Crippen LogP contribution in [0.15, 0.2) is 0 Å². The Morgan fingerprint density at radius 3 is 2.71 bits per heavy atom. The predicted octanol–water partition coefficient (Wildman–Crippen LogP) is 0.674. The summed E-state index contributed by atoms with van der Waals surface area (Å²) < 4.78 is 5.13. The Bertz CT molecular complexity index is 291. The van der Waals surface area contributed by atoms with Crippen LogP contribution in [0.1, 0.15) is 20.3 Å². The Morgan fingerprint density at radius 2 is 2.07 bits per heavy atom. The smallest absolute Gasteiger partial charge is 0.323 e. The molecule has 0 aliphatic rings. The first-order valence-corrected chi connectivity index (χ1v) is 4.64. The molecular weight excluding hydrogens is 182 g/mol. The molecule has 0 aromatic carbocycles. The van der Waals surface area contributed by atoms with Crippen LogP contribution in [0.2, 0.25) is 0 Å². The Hall–Kier alpha value is -1.59. The quantitative estimate of drug-likeness (QED) is 0.721. The summed E-state index contributed by atoms with van der Waals surface area (Å²) in [6, 6.07) is 0.263. The van der Waals surface area contributed by atoms with Gasteiger partial charge in [0.2, 0.25) is 11.9 Å². The van der Waals surface area contributed by atoms with Crippen LogP contribution in [-0.2, 0) is 0 Å². The molecule has 1 aromatic rings. The van der Waals surface area contributed by atoms with Crippen LogP contribution in [0, 0.1) is 0 Å². The number of hydrogen-bond donors (Lipinski definition) is 2. The molecule has 0 atom stereocenters. The molecule has 3 N–H and O–H groups in total. The van der Waals surface area contributed by atoms with Gasteiger partial charge in [0.1, 0.15) is 0 Å². The zero-order chi connectivity index (χ0) is 10.4. The van der Waals surface area contributed by atoms with E-state index < -0.39 is 0 Å². The van der Waals surface area contributed by atoms with Crippen LogP contribution in [0.25, 0.3) is 0 Å². The Morgan fingerprint density at radius 1 is 1.29 bits per heavy atom. The highest BCUT2D eigenvalue weighted by Gasteiger charge is 2.03. The first-order chi connectivity index (χ1) is 6.76. The molecule has 0 fully saturated rings. The topological polar surface area (TPSA) is 86.0 Å². The molecule has 1 rings (SSSR count). The van der Waals surface area contributed by atoms with E-state index in [1.807, 2.05) is 6.92 Å². The SMILES string of the molecule is CCCNc1nc(N)nc(OCC)n1. The van der Waals surface area contributed by atoms with Gasteiger partial charge in [0.25, 0.3) is 0 Å². The van der Waals surface area contributed by atoms with Crippen molar-refractivity contribution in [3.63, 3.8) is 0 Å². The van der Waals surface area contributed by atoms with Crippen molar-refractivity contribution < 1.29 is 4.74 Å². The van der Waals surface area contributed by atoms with Crippen LogP contribution in [0.4, 0.5) is 11.9 Å². The molecule has 0 saturated carbocycles. The van der Waals surface area contributed by atoms with E-state index in [1.165, 1.54) is 0 Å². The second-order valence-corrected chi connectivity index (χ2v) is 2.66. The summed E-state index contributed by atoms with van der Waals surface area (Å²) in [7, 11) is 0. The summed E-state index contributed by atoms with van der Waals surface area (Å²) in [5.74, 6) is 0.629. The molecule has 1 heterocycles. The number of nitrogen functional groups attached to an aromatic ring is 1. The summed E-state index contributed by atoms with van der Waals surface area (Å²) >= 11 is 0. The maximum absolute atomic E-state index is 5.48. The highest BCUT2D eigenvalue weighted by molar-refractivity contribution is 5.32. The van der Waals surface area contributed by atoms with Gasteiger partial charge >= 0.3 is 6.01 Å². The lowest BCUT2D eigenvalue weighted by Gasteiger charge is -2.05. The first kappa shape index (κ1) is 10.5. The van der Waals surface area contributed by atoms with Crippen LogP contribution in [0.5, 0.6) is 6.01 Å². The standard InChI is InChI=1S/C8H15N5O/c1-3-5-10-7-11-6(9)12-8(13-7)14-4-2/h3-5H2,1-2H3,(H3,9,10,11,12,13). The summed E-state index contributed by atoms with van der Waals surface area (Å²) in [5.41, 5.74) is 5.48. The predicted molar refractivity (Wildman–Crippen MR) is 54.2 cm³/mol. The van der Waals surface area contributed by atoms with Crippen LogP contribution in [-0.4, -0.2) is 28.1 Å². The normalized spacial score (nSPS) is 9.86. The monoisotopic (exact) mass is 197 g/mol. The Kier molecular flexibility index (Phi) is 3.90. The number of hydrogen-bond acceptors (Lipinski definition) is 6. The fourth-order valence-electron chi connectivity index (χ4n) is 0.882. The minimum atomic E-state index is 0.169. The van der Waals surface area contributed by atoms with Crippen molar-refractivity contribution in [2.24, 2.45) is 0 Å². The zero-order valence-electron chi connectivity index (χ0n) is 8.45. The lowest BCUT2D eigenvalue weighted by atomic mass is 10.5. The Labute approximate surface area is 82.9 Å². The van der Waals surface area contributed by atoms with Crippen molar-refractivity contribution in [2.75, 3.05) is 24.2 Å². The lowest BCUT2D eigenvalue weighted by molar-refractivity contribution is 0.312. The third kappa shape index (κ3) is 3.04. The fourth-order valence-corrected chi connectivity index (χ4v) is 0.882. The van der Waals surface area contributed by atoms with E-state index in [2.05, 4.69) is 27.2 Å². The number of nitrogens with one attached hydrogen (secondary N) is 1. The van der Waals surface area contributed by atoms with E-state index in [0.29, 0.717) is 12.6 Å². The molecular formula is C8H15N5O. The summed E-state index contributed by atoms with van der Waals surface area (Å²) in [6.45, 7) is 5.23. The van der Waals surface area contributed by atoms with Gasteiger partial charge < -0.3 is 15.8 Å². The molecule has 1 aromatic heterocycles. The summed E-state index contributed by atoms with van der Waals surface area (Å²) in [4.78, 5) is 11.8. The summed E-state index contributed by atoms with van der Waals surface area (Å²) in [6.07, 6.45) is 0.996. The number of rotatable bonds is 5. The van der Waals surface area contributed by atoms with E-state index in [4.69, 9.17) is 10.5 Å². The van der Waals surface area contributed by atoms with Crippen molar-refractivity contribution in [1.29, 1.82) is 0 Å². The highest BCUT2D eigenvalue weighted by atomic mass is 16.5. The fraction of sp³-hybridized carbons (Fsp3) is 0.625. The van der Waals surface area contributed by atoms with E-state index in [1.54, 1.807) is 0 Å². The van der Waals surface area contributed by atoms with Crippen LogP contribution < -0.4 is 15.8 Å². The van der Waals surface area contributed by atoms with Gasteiger partial charge in [0.15, 0.2) is 0 Å². The van der Waals surface area contributed by atoms with Crippen molar-refractivity contribution in [3.8, 4) is 6.01 Å². The van der Waals surface area contributed by atoms with Crippen molar-refractivity contribution in [1.82, 2.24) is 15.0 Å². The van der Waals surface area contributed by atoms with Gasteiger partial charge in [-0.15, -0.1) is 0 Å². The molecule has 0 bridgehead atoms. The zero-order valence-corrected chi connectivity index (χ0v) is 8.45. The minimum absolute atomic E-state index is 0.169. The molecule has 0 unspecified atom stereocenters. The number of anilines is 2. The third-order valence-corrected chi connectivity index (χ3v) is 1.44. The van der Waals surface area contributed by atoms with Crippen molar-refractivity contribution in [3.05, 3.63) is 0 Å². The van der Waals surface area contributed by atoms with E-state index in [9.17, 15) is 0 Å². The first-order valence-electron chi connectivity index (χ1n) is 4.64. The molecule has 78 valence electrons. The molecule has 6 nitrogen and oxygen atoms in total. The van der Waals surface area contributed by atoms with Crippen LogP contribution in [0.3, 0.4) is 0 Å². The average Bonchev–Trinajstić information content (AvgIpc) is 2.14. The average molecular weight is 197 g/mol. The van der Waals surface area contributed by atoms with Crippen LogP contribution >= 0.6 is 0 Å². The molecule has 0 aliphatic heterocycles. The minimum Gasteiger partial charge on any atom is -0.464 e. The van der Waals surface area contributed by atoms with Gasteiger partial charge in [-0.25, -0.2) is 0 Å². The molecule has 0 saturated heterocycles. The van der Waals surface area contributed by atoms with Gasteiger partial charge in [-0.05, 0) is 13.3 Å². The largest absolute Gasteiger partial charge is 0.464 e. The summed E-state index contributed by atoms with van der Waals surface area (Å²) in [5, 5.41) is 3.01. The van der Waals surface area contributed by atoms with E-state index >= 15 is 0 Å². The number of nitrogens with zero attached hydrogens (tertiary/aromatic N) is 3. The van der Waals surface area contributed by atoms with Gasteiger partial charge in [0.05, 0.1) is 6.61 Å². The molecule has 6 heteroatoms. The maximum atomic E-state index is 5.48. The van der Waals surface area contributed by atoms with Gasteiger partial charge in [-0.1, -0.05) is 6.92 Å². The van der Waals surface area contributed by atoms with Crippen molar-refractivity contribution >= 4 is 11.9 Å². The third-order valence-electron chi connectivity index (χ3n) is 1.44. The molecule has 0 spiro atoms. The number of aromatic nitrogens is 3. The van der Waals surface area contributed by atoms with Gasteiger partial charge in [0, 0.05) is 6.54 Å². The van der Waals surface area contributed by atoms with Crippen molar-refractivity contribution in [2.45, 2.75) is 20.3 Å². The maximum Gasteiger partial charge on any atom is 0.323 e. The van der Waals surface area contributed by atoms with E-state index in [-0.39, 0.29) is 12.0 Å². The molecule has 0 amide bonds. The number of ether oxygens (including phenoxy) is 1. The highest BCUT2D eigenvalue weighted by Crippen LogP contribution is 2.08. The molecule has 14 heavy (non-hydrogen) atoms. The van der Waals surface area contributed by atoms with Gasteiger partial charge in [-0.2, -0.15) is 15.0 Å². The Balaban J connectivity index is 2.73. The molecule has 0 aliphatic carbocycles.